The number of methoxy groups -OCH3 is 2. The summed E-state index contributed by atoms with van der Waals surface area (Å²) in [5.74, 6) is 0.420. The molecule has 0 N–H and O–H groups in total. The zero-order chi connectivity index (χ0) is 23.6. The molecule has 2 aliphatic rings. The van der Waals surface area contributed by atoms with E-state index in [9.17, 15) is 18.0 Å². The number of sulfonamides is 1. The molecule has 2 saturated heterocycles. The molecule has 2 aromatic rings. The molecule has 0 aliphatic carbocycles. The third-order valence-corrected chi connectivity index (χ3v) is 8.85. The smallest absolute Gasteiger partial charge is 0.264 e. The molecule has 0 unspecified atom stereocenters. The summed E-state index contributed by atoms with van der Waals surface area (Å²) in [6, 6.07) is 7.73. The molecule has 0 saturated carbocycles. The van der Waals surface area contributed by atoms with E-state index in [0.717, 1.165) is 6.42 Å². The fourth-order valence-electron chi connectivity index (χ4n) is 4.29. The van der Waals surface area contributed by atoms with Gasteiger partial charge in [-0.3, -0.25) is 9.59 Å². The van der Waals surface area contributed by atoms with Crippen molar-refractivity contribution < 1.29 is 27.5 Å². The maximum absolute atomic E-state index is 13.3. The summed E-state index contributed by atoms with van der Waals surface area (Å²) in [7, 11) is -0.943. The van der Waals surface area contributed by atoms with Gasteiger partial charge in [0.05, 0.1) is 19.1 Å². The van der Waals surface area contributed by atoms with Gasteiger partial charge in [-0.1, -0.05) is 6.07 Å². The molecule has 0 spiro atoms. The molecule has 2 amide bonds. The average Bonchev–Trinajstić information content (AvgIpc) is 3.55. The van der Waals surface area contributed by atoms with Crippen molar-refractivity contribution in [2.75, 3.05) is 46.9 Å². The predicted molar refractivity (Wildman–Crippen MR) is 123 cm³/mol. The summed E-state index contributed by atoms with van der Waals surface area (Å²) in [5, 5.41) is 1.84. The lowest BCUT2D eigenvalue weighted by molar-refractivity contribution is -0.136. The first kappa shape index (κ1) is 23.5. The second-order valence-corrected chi connectivity index (χ2v) is 10.7. The van der Waals surface area contributed by atoms with Gasteiger partial charge in [-0.05, 0) is 36.4 Å². The van der Waals surface area contributed by atoms with Crippen LogP contribution in [0, 0.1) is 0 Å². The van der Waals surface area contributed by atoms with Crippen molar-refractivity contribution in [2.45, 2.75) is 23.8 Å². The summed E-state index contributed by atoms with van der Waals surface area (Å²) in [5.41, 5.74) is 0. The number of carbonyl (C=O) groups is 2. The van der Waals surface area contributed by atoms with Crippen molar-refractivity contribution in [3.63, 3.8) is 0 Å². The van der Waals surface area contributed by atoms with Crippen LogP contribution in [0.4, 0.5) is 0 Å². The number of carbonyl (C=O) groups excluding carboxylic acids is 2. The van der Waals surface area contributed by atoms with Gasteiger partial charge in [0.15, 0.2) is 0 Å². The van der Waals surface area contributed by atoms with Crippen LogP contribution in [0.1, 0.15) is 22.5 Å². The quantitative estimate of drug-likeness (QED) is 0.610. The monoisotopic (exact) mass is 493 g/mol. The van der Waals surface area contributed by atoms with Gasteiger partial charge in [0, 0.05) is 38.8 Å². The fraction of sp³-hybridized carbons (Fsp3) is 0.455. The Morgan fingerprint density at radius 2 is 1.79 bits per heavy atom. The highest BCUT2D eigenvalue weighted by Gasteiger charge is 2.39. The molecule has 33 heavy (non-hydrogen) atoms. The molecule has 178 valence electrons. The van der Waals surface area contributed by atoms with Gasteiger partial charge in [-0.15, -0.1) is 11.3 Å². The number of rotatable bonds is 6. The van der Waals surface area contributed by atoms with E-state index in [0.29, 0.717) is 23.6 Å². The highest BCUT2D eigenvalue weighted by atomic mass is 32.2. The van der Waals surface area contributed by atoms with Crippen LogP contribution in [0.25, 0.3) is 0 Å². The SMILES string of the molecule is COc1ccc(OC)c(S(=O)(=O)N2CCN(C(=O)[C@@H]3CCCN3C(=O)c3cccs3)CC2)c1. The van der Waals surface area contributed by atoms with Crippen LogP contribution in [-0.2, 0) is 14.8 Å². The molecule has 3 heterocycles. The highest BCUT2D eigenvalue weighted by molar-refractivity contribution is 7.89. The standard InChI is InChI=1S/C22H27N3O6S2/c1-30-16-7-8-18(31-2)20(15-16)33(28,29)24-12-10-23(11-13-24)21(26)17-5-3-9-25(17)22(27)19-6-4-14-32-19/h4,6-8,14-15,17H,3,5,9-13H2,1-2H3/t17-/m0/s1. The van der Waals surface area contributed by atoms with Gasteiger partial charge in [-0.25, -0.2) is 8.42 Å². The van der Waals surface area contributed by atoms with E-state index < -0.39 is 16.1 Å². The van der Waals surface area contributed by atoms with E-state index in [4.69, 9.17) is 9.47 Å². The molecular weight excluding hydrogens is 466 g/mol. The summed E-state index contributed by atoms with van der Waals surface area (Å²) < 4.78 is 38.3. The third kappa shape index (κ3) is 4.57. The Morgan fingerprint density at radius 1 is 1.03 bits per heavy atom. The van der Waals surface area contributed by atoms with E-state index in [-0.39, 0.29) is 48.6 Å². The lowest BCUT2D eigenvalue weighted by atomic mass is 10.1. The number of thiophene rings is 1. The van der Waals surface area contributed by atoms with Crippen molar-refractivity contribution in [3.8, 4) is 11.5 Å². The molecule has 0 bridgehead atoms. The summed E-state index contributed by atoms with van der Waals surface area (Å²) in [6.07, 6.45) is 1.40. The van der Waals surface area contributed by atoms with Crippen molar-refractivity contribution in [2.24, 2.45) is 0 Å². The number of amides is 2. The molecule has 1 aromatic heterocycles. The van der Waals surface area contributed by atoms with Crippen molar-refractivity contribution in [3.05, 3.63) is 40.6 Å². The summed E-state index contributed by atoms with van der Waals surface area (Å²) >= 11 is 1.37. The van der Waals surface area contributed by atoms with Gasteiger partial charge in [0.1, 0.15) is 22.4 Å². The van der Waals surface area contributed by atoms with E-state index >= 15 is 0 Å². The number of ether oxygens (including phenoxy) is 2. The van der Waals surface area contributed by atoms with E-state index in [1.807, 2.05) is 11.4 Å². The van der Waals surface area contributed by atoms with Crippen LogP contribution in [0.3, 0.4) is 0 Å². The normalized spacial score (nSPS) is 19.5. The number of hydrogen-bond acceptors (Lipinski definition) is 7. The van der Waals surface area contributed by atoms with Gasteiger partial charge >= 0.3 is 0 Å². The molecule has 9 nitrogen and oxygen atoms in total. The number of nitrogens with zero attached hydrogens (tertiary/aromatic N) is 3. The first-order valence-electron chi connectivity index (χ1n) is 10.7. The molecule has 11 heteroatoms. The second kappa shape index (κ2) is 9.70. The van der Waals surface area contributed by atoms with Gasteiger partial charge in [-0.2, -0.15) is 4.31 Å². The summed E-state index contributed by atoms with van der Waals surface area (Å²) in [4.78, 5) is 30.0. The maximum atomic E-state index is 13.3. The largest absolute Gasteiger partial charge is 0.497 e. The van der Waals surface area contributed by atoms with Crippen LogP contribution >= 0.6 is 11.3 Å². The Kier molecular flexibility index (Phi) is 6.91. The third-order valence-electron chi connectivity index (χ3n) is 6.07. The number of benzene rings is 1. The average molecular weight is 494 g/mol. The summed E-state index contributed by atoms with van der Waals surface area (Å²) in [6.45, 7) is 1.42. The van der Waals surface area contributed by atoms with Crippen LogP contribution in [0.5, 0.6) is 11.5 Å². The van der Waals surface area contributed by atoms with E-state index in [2.05, 4.69) is 0 Å². The molecular formula is C22H27N3O6S2. The second-order valence-electron chi connectivity index (χ2n) is 7.88. The van der Waals surface area contributed by atoms with Gasteiger partial charge < -0.3 is 19.3 Å². The highest BCUT2D eigenvalue weighted by Crippen LogP contribution is 2.31. The first-order valence-corrected chi connectivity index (χ1v) is 13.0. The Morgan fingerprint density at radius 3 is 2.42 bits per heavy atom. The zero-order valence-corrected chi connectivity index (χ0v) is 20.2. The van der Waals surface area contributed by atoms with Gasteiger partial charge in [0.25, 0.3) is 5.91 Å². The number of piperazine rings is 1. The van der Waals surface area contributed by atoms with E-state index in [1.165, 1.54) is 35.9 Å². The zero-order valence-electron chi connectivity index (χ0n) is 18.6. The number of hydrogen-bond donors (Lipinski definition) is 0. The van der Waals surface area contributed by atoms with Crippen molar-refractivity contribution in [1.29, 1.82) is 0 Å². The molecule has 2 aliphatic heterocycles. The van der Waals surface area contributed by atoms with Crippen LogP contribution in [-0.4, -0.2) is 87.3 Å². The first-order chi connectivity index (χ1) is 15.9. The molecule has 0 radical (unpaired) electrons. The van der Waals surface area contributed by atoms with Crippen molar-refractivity contribution >= 4 is 33.2 Å². The van der Waals surface area contributed by atoms with Crippen molar-refractivity contribution in [1.82, 2.24) is 14.1 Å². The molecule has 1 aromatic carbocycles. The van der Waals surface area contributed by atoms with Crippen LogP contribution in [0.15, 0.2) is 40.6 Å². The topological polar surface area (TPSA) is 96.5 Å². The van der Waals surface area contributed by atoms with Gasteiger partial charge in [0.2, 0.25) is 15.9 Å². The van der Waals surface area contributed by atoms with Crippen LogP contribution < -0.4 is 9.47 Å². The van der Waals surface area contributed by atoms with E-state index in [1.54, 1.807) is 28.0 Å². The lowest BCUT2D eigenvalue weighted by Gasteiger charge is -2.36. The molecule has 4 rings (SSSR count). The Hall–Kier alpha value is -2.63. The minimum absolute atomic E-state index is 0.0349. The van der Waals surface area contributed by atoms with Crippen LogP contribution in [0.2, 0.25) is 0 Å². The minimum Gasteiger partial charge on any atom is -0.497 e. The predicted octanol–water partition coefficient (Wildman–Crippen LogP) is 1.90. The lowest BCUT2D eigenvalue weighted by Crippen LogP contribution is -2.55. The Balaban J connectivity index is 1.44. The fourth-order valence-corrected chi connectivity index (χ4v) is 6.56. The minimum atomic E-state index is -3.83. The maximum Gasteiger partial charge on any atom is 0.264 e. The Labute approximate surface area is 197 Å². The molecule has 1 atom stereocenters. The Bertz CT molecular complexity index is 1110. The number of likely N-dealkylation sites (tertiary alicyclic amines) is 1. The molecule has 2 fully saturated rings.